The molecule has 2 aromatic rings. The second-order valence-corrected chi connectivity index (χ2v) is 9.43. The molecule has 1 amide bonds. The van der Waals surface area contributed by atoms with Crippen molar-refractivity contribution in [3.63, 3.8) is 0 Å². The molecule has 1 saturated heterocycles. The Hall–Kier alpha value is -2.95. The second-order valence-electron chi connectivity index (χ2n) is 7.56. The van der Waals surface area contributed by atoms with Crippen molar-refractivity contribution in [1.29, 1.82) is 5.41 Å². The molecular formula is C21H27N5O4S. The predicted octanol–water partition coefficient (Wildman–Crippen LogP) is 2.37. The quantitative estimate of drug-likeness (QED) is 0.479. The maximum Gasteiger partial charge on any atom is 0.430 e. The lowest BCUT2D eigenvalue weighted by Crippen LogP contribution is -2.49. The SMILES string of the molecule is Cc1cc(C)c(S(=O)(=O)N2CCN(OC(=O)Nc3ccc(C(=N)N)cc3)CC2)c(C)c1. The first-order valence-corrected chi connectivity index (χ1v) is 11.3. The molecule has 0 saturated carbocycles. The third kappa shape index (κ3) is 5.22. The third-order valence-corrected chi connectivity index (χ3v) is 7.26. The van der Waals surface area contributed by atoms with Crippen molar-refractivity contribution in [1.82, 2.24) is 9.37 Å². The van der Waals surface area contributed by atoms with E-state index in [1.54, 1.807) is 38.1 Å². The molecule has 31 heavy (non-hydrogen) atoms. The van der Waals surface area contributed by atoms with E-state index in [1.165, 1.54) is 9.37 Å². The van der Waals surface area contributed by atoms with Crippen LogP contribution in [-0.2, 0) is 14.9 Å². The van der Waals surface area contributed by atoms with Crippen LogP contribution in [0.1, 0.15) is 22.3 Å². The topological polar surface area (TPSA) is 129 Å². The number of amidine groups is 1. The third-order valence-electron chi connectivity index (χ3n) is 5.05. The Labute approximate surface area is 182 Å². The van der Waals surface area contributed by atoms with Gasteiger partial charge in [0.25, 0.3) is 0 Å². The maximum atomic E-state index is 13.1. The number of rotatable bonds is 5. The molecule has 9 nitrogen and oxygen atoms in total. The van der Waals surface area contributed by atoms with Crippen molar-refractivity contribution < 1.29 is 18.0 Å². The average molecular weight is 446 g/mol. The van der Waals surface area contributed by atoms with Gasteiger partial charge in [-0.05, 0) is 56.2 Å². The number of aryl methyl sites for hydroxylation is 3. The smallest absolute Gasteiger partial charge is 0.384 e. The molecule has 1 aliphatic heterocycles. The minimum atomic E-state index is -3.63. The lowest BCUT2D eigenvalue weighted by molar-refractivity contribution is -0.109. The van der Waals surface area contributed by atoms with Crippen LogP contribution in [-0.4, -0.2) is 55.9 Å². The Balaban J connectivity index is 1.58. The molecule has 0 radical (unpaired) electrons. The van der Waals surface area contributed by atoms with Gasteiger partial charge in [0, 0.05) is 37.4 Å². The molecule has 1 aliphatic rings. The van der Waals surface area contributed by atoms with Crippen LogP contribution in [0.2, 0.25) is 0 Å². The number of sulfonamides is 1. The van der Waals surface area contributed by atoms with Gasteiger partial charge in [-0.25, -0.2) is 13.2 Å². The molecule has 0 aliphatic carbocycles. The van der Waals surface area contributed by atoms with Crippen LogP contribution >= 0.6 is 0 Å². The number of piperazine rings is 1. The van der Waals surface area contributed by atoms with Gasteiger partial charge in [0.15, 0.2) is 0 Å². The first-order valence-electron chi connectivity index (χ1n) is 9.84. The van der Waals surface area contributed by atoms with Gasteiger partial charge in [-0.15, -0.1) is 5.06 Å². The highest BCUT2D eigenvalue weighted by atomic mass is 32.2. The van der Waals surface area contributed by atoms with Crippen LogP contribution < -0.4 is 11.1 Å². The van der Waals surface area contributed by atoms with Gasteiger partial charge in [-0.3, -0.25) is 10.7 Å². The van der Waals surface area contributed by atoms with Gasteiger partial charge in [0.05, 0.1) is 4.90 Å². The Kier molecular flexibility index (Phi) is 6.63. The van der Waals surface area contributed by atoms with Crippen molar-refractivity contribution >= 4 is 27.6 Å². The molecule has 0 aromatic heterocycles. The molecule has 0 spiro atoms. The second kappa shape index (κ2) is 9.04. The standard InChI is InChI=1S/C21H27N5O4S/c1-14-12-15(2)19(16(3)13-14)31(28,29)26-10-8-25(9-11-26)30-21(27)24-18-6-4-17(5-7-18)20(22)23/h4-7,12-13H,8-11H2,1-3H3,(H3,22,23)(H,24,27). The summed E-state index contributed by atoms with van der Waals surface area (Å²) in [4.78, 5) is 17.8. The summed E-state index contributed by atoms with van der Waals surface area (Å²) in [6.45, 7) is 6.51. The van der Waals surface area contributed by atoms with Crippen LogP contribution in [0.4, 0.5) is 10.5 Å². The Bertz CT molecular complexity index is 1070. The van der Waals surface area contributed by atoms with Gasteiger partial charge in [-0.1, -0.05) is 17.7 Å². The van der Waals surface area contributed by atoms with Crippen LogP contribution in [0.5, 0.6) is 0 Å². The number of hydrogen-bond acceptors (Lipinski definition) is 6. The largest absolute Gasteiger partial charge is 0.430 e. The number of nitrogen functional groups attached to an aromatic ring is 1. The highest BCUT2D eigenvalue weighted by Gasteiger charge is 2.32. The first kappa shape index (κ1) is 22.7. The molecule has 1 fully saturated rings. The van der Waals surface area contributed by atoms with Crippen molar-refractivity contribution in [2.75, 3.05) is 31.5 Å². The average Bonchev–Trinajstić information content (AvgIpc) is 2.67. The molecule has 3 rings (SSSR count). The monoisotopic (exact) mass is 445 g/mol. The minimum absolute atomic E-state index is 0.0574. The fourth-order valence-electron chi connectivity index (χ4n) is 3.70. The van der Waals surface area contributed by atoms with E-state index in [4.69, 9.17) is 16.0 Å². The van der Waals surface area contributed by atoms with E-state index in [0.717, 1.165) is 16.7 Å². The summed E-state index contributed by atoms with van der Waals surface area (Å²) in [6.07, 6.45) is -0.669. The van der Waals surface area contributed by atoms with Gasteiger partial charge < -0.3 is 10.6 Å². The molecule has 0 unspecified atom stereocenters. The van der Waals surface area contributed by atoms with Crippen LogP contribution in [0, 0.1) is 26.2 Å². The highest BCUT2D eigenvalue weighted by molar-refractivity contribution is 7.89. The summed E-state index contributed by atoms with van der Waals surface area (Å²) in [5.41, 5.74) is 8.94. The number of nitrogens with zero attached hydrogens (tertiary/aromatic N) is 2. The van der Waals surface area contributed by atoms with Gasteiger partial charge in [-0.2, -0.15) is 4.31 Å². The van der Waals surface area contributed by atoms with Crippen LogP contribution in [0.15, 0.2) is 41.3 Å². The Morgan fingerprint density at radius 1 is 1.03 bits per heavy atom. The number of amides is 1. The molecule has 10 heteroatoms. The molecular weight excluding hydrogens is 418 g/mol. The van der Waals surface area contributed by atoms with E-state index >= 15 is 0 Å². The van der Waals surface area contributed by atoms with E-state index in [9.17, 15) is 13.2 Å². The fourth-order valence-corrected chi connectivity index (χ4v) is 5.53. The van der Waals surface area contributed by atoms with E-state index < -0.39 is 16.1 Å². The number of anilines is 1. The number of hydroxylamine groups is 2. The predicted molar refractivity (Wildman–Crippen MR) is 119 cm³/mol. The van der Waals surface area contributed by atoms with E-state index in [-0.39, 0.29) is 32.0 Å². The number of nitrogens with two attached hydrogens (primary N) is 1. The van der Waals surface area contributed by atoms with Crippen molar-refractivity contribution in [3.05, 3.63) is 58.7 Å². The number of carbonyl (C=O) groups excluding carboxylic acids is 1. The van der Waals surface area contributed by atoms with Crippen LogP contribution in [0.3, 0.4) is 0 Å². The summed E-state index contributed by atoms with van der Waals surface area (Å²) >= 11 is 0. The molecule has 0 bridgehead atoms. The molecule has 2 aromatic carbocycles. The van der Waals surface area contributed by atoms with Gasteiger partial charge >= 0.3 is 6.09 Å². The minimum Gasteiger partial charge on any atom is -0.384 e. The lowest BCUT2D eigenvalue weighted by atomic mass is 10.1. The fraction of sp³-hybridized carbons (Fsp3) is 0.333. The summed E-state index contributed by atoms with van der Waals surface area (Å²) in [5, 5.41) is 11.4. The Morgan fingerprint density at radius 3 is 2.10 bits per heavy atom. The highest BCUT2D eigenvalue weighted by Crippen LogP contribution is 2.26. The summed E-state index contributed by atoms with van der Waals surface area (Å²) < 4.78 is 27.7. The van der Waals surface area contributed by atoms with Gasteiger partial charge in [0.1, 0.15) is 5.84 Å². The van der Waals surface area contributed by atoms with Crippen molar-refractivity contribution in [2.24, 2.45) is 5.73 Å². The summed E-state index contributed by atoms with van der Waals surface area (Å²) in [6, 6.07) is 10.2. The number of carbonyl (C=O) groups is 1. The molecule has 166 valence electrons. The number of nitrogens with one attached hydrogen (secondary N) is 2. The van der Waals surface area contributed by atoms with Gasteiger partial charge in [0.2, 0.25) is 10.0 Å². The van der Waals surface area contributed by atoms with Crippen LogP contribution in [0.25, 0.3) is 0 Å². The lowest BCUT2D eigenvalue weighted by Gasteiger charge is -2.33. The number of benzene rings is 2. The molecule has 4 N–H and O–H groups in total. The summed E-state index contributed by atoms with van der Waals surface area (Å²) in [7, 11) is -3.63. The van der Waals surface area contributed by atoms with E-state index in [1.807, 2.05) is 19.1 Å². The van der Waals surface area contributed by atoms with Crippen molar-refractivity contribution in [3.8, 4) is 0 Å². The maximum absolute atomic E-state index is 13.1. The van der Waals surface area contributed by atoms with E-state index in [0.29, 0.717) is 16.1 Å². The first-order chi connectivity index (χ1) is 14.6. The zero-order valence-electron chi connectivity index (χ0n) is 17.8. The number of hydrogen-bond donors (Lipinski definition) is 3. The normalized spacial score (nSPS) is 15.5. The molecule has 0 atom stereocenters. The zero-order valence-corrected chi connectivity index (χ0v) is 18.6. The Morgan fingerprint density at radius 2 is 1.58 bits per heavy atom. The van der Waals surface area contributed by atoms with Crippen molar-refractivity contribution in [2.45, 2.75) is 25.7 Å². The molecule has 1 heterocycles. The van der Waals surface area contributed by atoms with E-state index in [2.05, 4.69) is 5.32 Å². The summed E-state index contributed by atoms with van der Waals surface area (Å²) in [5.74, 6) is -0.0574. The zero-order chi connectivity index (χ0) is 22.8.